The van der Waals surface area contributed by atoms with E-state index in [4.69, 9.17) is 16.9 Å². The van der Waals surface area contributed by atoms with E-state index in [0.29, 0.717) is 16.0 Å². The van der Waals surface area contributed by atoms with Gasteiger partial charge in [0.2, 0.25) is 0 Å². The van der Waals surface area contributed by atoms with Gasteiger partial charge in [0, 0.05) is 10.8 Å². The molecule has 0 saturated carbocycles. The quantitative estimate of drug-likeness (QED) is 0.512. The van der Waals surface area contributed by atoms with Gasteiger partial charge in [0.15, 0.2) is 0 Å². The van der Waals surface area contributed by atoms with Crippen LogP contribution in [0.25, 0.3) is 0 Å². The normalized spacial score (nSPS) is 9.62. The van der Waals surface area contributed by atoms with Crippen molar-refractivity contribution in [2.24, 2.45) is 0 Å². The maximum atomic E-state index is 11.2. The second-order valence-corrected chi connectivity index (χ2v) is 3.89. The second kappa shape index (κ2) is 5.78. The van der Waals surface area contributed by atoms with Gasteiger partial charge in [-0.05, 0) is 23.3 Å². The molecule has 1 rings (SSSR count). The van der Waals surface area contributed by atoms with Gasteiger partial charge in [-0.15, -0.1) is 24.2 Å². The van der Waals surface area contributed by atoms with Crippen LogP contribution >= 0.6 is 24.2 Å². The van der Waals surface area contributed by atoms with E-state index in [-0.39, 0.29) is 18.3 Å². The predicted octanol–water partition coefficient (Wildman–Crippen LogP) is 2.30. The van der Waals surface area contributed by atoms with Crippen molar-refractivity contribution in [2.45, 2.75) is 17.2 Å². The smallest absolute Gasteiger partial charge is 0.309 e. The third-order valence-corrected chi connectivity index (χ3v) is 2.80. The zero-order valence-corrected chi connectivity index (χ0v) is 10.3. The molecule has 0 aliphatic rings. The van der Waals surface area contributed by atoms with Gasteiger partial charge < -0.3 is 4.74 Å². The van der Waals surface area contributed by atoms with Crippen molar-refractivity contribution >= 4 is 30.2 Å². The minimum atomic E-state index is -0.359. The Bertz CT molecular complexity index is 454. The number of rotatable bonds is 3. The van der Waals surface area contributed by atoms with E-state index in [0.717, 1.165) is 5.56 Å². The zero-order valence-electron chi connectivity index (χ0n) is 8.66. The Balaban J connectivity index is 3.15. The molecule has 5 heteroatoms. The summed E-state index contributed by atoms with van der Waals surface area (Å²) in [5.74, 6) is -0.0897. The van der Waals surface area contributed by atoms with Gasteiger partial charge in [-0.25, -0.2) is 0 Å². The van der Waals surface area contributed by atoms with E-state index in [2.05, 4.69) is 17.4 Å². The molecule has 3 nitrogen and oxygen atoms in total. The first kappa shape index (κ1) is 12.9. The molecule has 84 valence electrons. The SMILES string of the molecule is COC(=O)Cc1cc(C#N)c(S)cc1CCl. The van der Waals surface area contributed by atoms with E-state index in [9.17, 15) is 4.79 Å². The van der Waals surface area contributed by atoms with E-state index >= 15 is 0 Å². The van der Waals surface area contributed by atoms with Crippen LogP contribution in [0.5, 0.6) is 0 Å². The van der Waals surface area contributed by atoms with E-state index in [1.807, 2.05) is 6.07 Å². The van der Waals surface area contributed by atoms with Gasteiger partial charge in [0.25, 0.3) is 0 Å². The number of alkyl halides is 1. The Morgan fingerprint density at radius 1 is 1.56 bits per heavy atom. The highest BCUT2D eigenvalue weighted by Crippen LogP contribution is 2.22. The molecule has 0 bridgehead atoms. The Kier molecular flexibility index (Phi) is 4.66. The average molecular weight is 256 g/mol. The molecular weight excluding hydrogens is 246 g/mol. The third-order valence-electron chi connectivity index (χ3n) is 2.14. The Morgan fingerprint density at radius 3 is 2.75 bits per heavy atom. The Morgan fingerprint density at radius 2 is 2.25 bits per heavy atom. The van der Waals surface area contributed by atoms with Crippen LogP contribution in [0, 0.1) is 11.3 Å². The molecule has 1 aromatic carbocycles. The summed E-state index contributed by atoms with van der Waals surface area (Å²) in [6.07, 6.45) is 0.112. The van der Waals surface area contributed by atoms with Crippen LogP contribution in [0.2, 0.25) is 0 Å². The maximum absolute atomic E-state index is 11.2. The fourth-order valence-corrected chi connectivity index (χ4v) is 1.80. The number of nitrogens with zero attached hydrogens (tertiary/aromatic N) is 1. The standard InChI is InChI=1S/C11H10ClNO2S/c1-15-11(14)4-7-2-9(6-13)10(16)3-8(7)5-12/h2-3,16H,4-5H2,1H3. The number of ether oxygens (including phenoxy) is 1. The molecule has 0 aromatic heterocycles. The van der Waals surface area contributed by atoms with Crippen LogP contribution < -0.4 is 0 Å². The summed E-state index contributed by atoms with van der Waals surface area (Å²) >= 11 is 9.92. The number of methoxy groups -OCH3 is 1. The molecule has 0 N–H and O–H groups in total. The lowest BCUT2D eigenvalue weighted by Crippen LogP contribution is -2.07. The zero-order chi connectivity index (χ0) is 12.1. The van der Waals surface area contributed by atoms with Gasteiger partial charge in [-0.3, -0.25) is 4.79 Å². The highest BCUT2D eigenvalue weighted by Gasteiger charge is 2.11. The van der Waals surface area contributed by atoms with Crippen LogP contribution in [0.15, 0.2) is 17.0 Å². The van der Waals surface area contributed by atoms with Crippen molar-refractivity contribution in [3.63, 3.8) is 0 Å². The molecule has 0 unspecified atom stereocenters. The lowest BCUT2D eigenvalue weighted by molar-refractivity contribution is -0.139. The molecule has 0 spiro atoms. The first-order chi connectivity index (χ1) is 7.62. The molecule has 16 heavy (non-hydrogen) atoms. The fourth-order valence-electron chi connectivity index (χ4n) is 1.28. The minimum absolute atomic E-state index is 0.112. The first-order valence-electron chi connectivity index (χ1n) is 4.50. The van der Waals surface area contributed by atoms with Crippen LogP contribution in [0.3, 0.4) is 0 Å². The lowest BCUT2D eigenvalue weighted by Gasteiger charge is -2.08. The van der Waals surface area contributed by atoms with Gasteiger partial charge in [-0.1, -0.05) is 0 Å². The summed E-state index contributed by atoms with van der Waals surface area (Å²) in [5.41, 5.74) is 1.92. The lowest BCUT2D eigenvalue weighted by atomic mass is 10.0. The number of carbonyl (C=O) groups excluding carboxylic acids is 1. The molecule has 0 aliphatic heterocycles. The first-order valence-corrected chi connectivity index (χ1v) is 5.48. The number of halogens is 1. The third kappa shape index (κ3) is 2.91. The average Bonchev–Trinajstić information content (AvgIpc) is 2.30. The molecule has 0 heterocycles. The van der Waals surface area contributed by atoms with Gasteiger partial charge in [-0.2, -0.15) is 5.26 Å². The van der Waals surface area contributed by atoms with Crippen molar-refractivity contribution in [1.29, 1.82) is 5.26 Å². The summed E-state index contributed by atoms with van der Waals surface area (Å²) in [5, 5.41) is 8.85. The molecule has 0 atom stereocenters. The van der Waals surface area contributed by atoms with E-state index in [1.165, 1.54) is 7.11 Å². The molecule has 0 aliphatic carbocycles. The maximum Gasteiger partial charge on any atom is 0.309 e. The number of thiol groups is 1. The molecule has 0 fully saturated rings. The number of hydrogen-bond donors (Lipinski definition) is 1. The summed E-state index contributed by atoms with van der Waals surface area (Å²) < 4.78 is 4.57. The Labute approximate surface area is 104 Å². The number of benzene rings is 1. The van der Waals surface area contributed by atoms with Gasteiger partial charge in [0.1, 0.15) is 6.07 Å². The van der Waals surface area contributed by atoms with Gasteiger partial charge in [0.05, 0.1) is 19.1 Å². The highest BCUT2D eigenvalue weighted by atomic mass is 35.5. The Hall–Kier alpha value is -1.18. The van der Waals surface area contributed by atoms with Crippen LogP contribution in [-0.2, 0) is 21.8 Å². The number of esters is 1. The number of hydrogen-bond acceptors (Lipinski definition) is 4. The number of carbonyl (C=O) groups is 1. The molecular formula is C11H10ClNO2S. The molecule has 0 radical (unpaired) electrons. The minimum Gasteiger partial charge on any atom is -0.469 e. The van der Waals surface area contributed by atoms with Crippen LogP contribution in [0.4, 0.5) is 0 Å². The topological polar surface area (TPSA) is 50.1 Å². The fraction of sp³-hybridized carbons (Fsp3) is 0.273. The van der Waals surface area contributed by atoms with E-state index < -0.39 is 0 Å². The summed E-state index contributed by atoms with van der Waals surface area (Å²) in [4.78, 5) is 11.7. The van der Waals surface area contributed by atoms with Crippen molar-refractivity contribution in [2.75, 3.05) is 7.11 Å². The van der Waals surface area contributed by atoms with Crippen molar-refractivity contribution < 1.29 is 9.53 Å². The van der Waals surface area contributed by atoms with Crippen LogP contribution in [0.1, 0.15) is 16.7 Å². The molecule has 0 amide bonds. The molecule has 0 saturated heterocycles. The van der Waals surface area contributed by atoms with Gasteiger partial charge >= 0.3 is 5.97 Å². The van der Waals surface area contributed by atoms with Crippen LogP contribution in [-0.4, -0.2) is 13.1 Å². The predicted molar refractivity (Wildman–Crippen MR) is 63.7 cm³/mol. The number of nitriles is 1. The van der Waals surface area contributed by atoms with Crippen molar-refractivity contribution in [3.8, 4) is 6.07 Å². The monoisotopic (exact) mass is 255 g/mol. The molecule has 1 aromatic rings. The van der Waals surface area contributed by atoms with Crippen molar-refractivity contribution in [3.05, 3.63) is 28.8 Å². The largest absolute Gasteiger partial charge is 0.469 e. The second-order valence-electron chi connectivity index (χ2n) is 3.14. The summed E-state index contributed by atoms with van der Waals surface area (Å²) in [6.45, 7) is 0. The summed E-state index contributed by atoms with van der Waals surface area (Å²) in [6, 6.07) is 5.33. The van der Waals surface area contributed by atoms with E-state index in [1.54, 1.807) is 12.1 Å². The van der Waals surface area contributed by atoms with Crippen molar-refractivity contribution in [1.82, 2.24) is 0 Å². The highest BCUT2D eigenvalue weighted by molar-refractivity contribution is 7.80. The summed E-state index contributed by atoms with van der Waals surface area (Å²) in [7, 11) is 1.32.